The van der Waals surface area contributed by atoms with Crippen molar-refractivity contribution in [3.63, 3.8) is 0 Å². The lowest BCUT2D eigenvalue weighted by molar-refractivity contribution is 0.600. The number of anilines is 1. The summed E-state index contributed by atoms with van der Waals surface area (Å²) in [6.45, 7) is 0. The van der Waals surface area contributed by atoms with E-state index in [1.807, 2.05) is 0 Å². The lowest BCUT2D eigenvalue weighted by atomic mass is 10.3. The zero-order chi connectivity index (χ0) is 13.2. The van der Waals surface area contributed by atoms with Gasteiger partial charge in [-0.1, -0.05) is 0 Å². The first-order valence-electron chi connectivity index (χ1n) is 4.81. The fraction of sp³-hybridized carbons (Fsp3) is 0. The van der Waals surface area contributed by atoms with Gasteiger partial charge >= 0.3 is 0 Å². The van der Waals surface area contributed by atoms with Crippen LogP contribution < -0.4 is 10.5 Å². The van der Waals surface area contributed by atoms with Gasteiger partial charge in [-0.25, -0.2) is 8.42 Å². The number of rotatable bonds is 4. The van der Waals surface area contributed by atoms with Crippen LogP contribution in [0.3, 0.4) is 0 Å². The van der Waals surface area contributed by atoms with Gasteiger partial charge < -0.3 is 5.73 Å². The maximum atomic E-state index is 12.0. The highest BCUT2D eigenvalue weighted by atomic mass is 32.2. The molecular weight excluding hydrogens is 256 g/mol. The van der Waals surface area contributed by atoms with E-state index in [-0.39, 0.29) is 22.1 Å². The summed E-state index contributed by atoms with van der Waals surface area (Å²) >= 11 is 0. The average molecular weight is 266 g/mol. The Morgan fingerprint density at radius 3 is 2.83 bits per heavy atom. The minimum Gasteiger partial charge on any atom is -0.384 e. The van der Waals surface area contributed by atoms with E-state index in [4.69, 9.17) is 11.1 Å². The number of nitrogen functional groups attached to an aromatic ring is 1. The van der Waals surface area contributed by atoms with Gasteiger partial charge in [-0.3, -0.25) is 20.2 Å². The summed E-state index contributed by atoms with van der Waals surface area (Å²) in [7, 11) is -3.78. The number of nitrogens with zero attached hydrogens (tertiary/aromatic N) is 2. The van der Waals surface area contributed by atoms with Gasteiger partial charge in [0.15, 0.2) is 0 Å². The molecule has 0 saturated heterocycles. The normalized spacial score (nSPS) is 11.1. The van der Waals surface area contributed by atoms with E-state index in [9.17, 15) is 8.42 Å². The third-order valence-electron chi connectivity index (χ3n) is 2.11. The first kappa shape index (κ1) is 12.0. The second kappa shape index (κ2) is 4.45. The molecule has 8 nitrogen and oxygen atoms in total. The molecule has 0 aliphatic heterocycles. The van der Waals surface area contributed by atoms with E-state index in [1.165, 1.54) is 30.7 Å². The van der Waals surface area contributed by atoms with E-state index < -0.39 is 10.0 Å². The Balaban J connectivity index is 2.34. The number of amidine groups is 1. The van der Waals surface area contributed by atoms with Crippen LogP contribution in [0.25, 0.3) is 0 Å². The predicted molar refractivity (Wildman–Crippen MR) is 64.6 cm³/mol. The van der Waals surface area contributed by atoms with E-state index in [1.54, 1.807) is 0 Å². The molecule has 2 rings (SSSR count). The zero-order valence-electron chi connectivity index (χ0n) is 9.08. The number of H-pyrrole nitrogens is 1. The van der Waals surface area contributed by atoms with Gasteiger partial charge in [-0.15, -0.1) is 0 Å². The molecule has 2 heterocycles. The summed E-state index contributed by atoms with van der Waals surface area (Å²) < 4.78 is 26.2. The van der Waals surface area contributed by atoms with Crippen LogP contribution in [-0.4, -0.2) is 29.4 Å². The number of hydrogen-bond acceptors (Lipinski definition) is 5. The van der Waals surface area contributed by atoms with Crippen molar-refractivity contribution in [1.29, 1.82) is 5.41 Å². The van der Waals surface area contributed by atoms with Gasteiger partial charge in [0.2, 0.25) is 0 Å². The number of nitrogens with two attached hydrogens (primary N) is 1. The topological polar surface area (TPSA) is 138 Å². The highest BCUT2D eigenvalue weighted by Gasteiger charge is 2.18. The van der Waals surface area contributed by atoms with Crippen LogP contribution in [0.15, 0.2) is 35.6 Å². The van der Waals surface area contributed by atoms with Crippen molar-refractivity contribution >= 4 is 21.7 Å². The summed E-state index contributed by atoms with van der Waals surface area (Å²) in [5.41, 5.74) is 5.48. The van der Waals surface area contributed by atoms with Crippen LogP contribution in [0.1, 0.15) is 5.56 Å². The number of aromatic amines is 1. The van der Waals surface area contributed by atoms with Gasteiger partial charge in [-0.2, -0.15) is 5.10 Å². The monoisotopic (exact) mass is 266 g/mol. The first-order valence-corrected chi connectivity index (χ1v) is 6.29. The molecule has 0 radical (unpaired) electrons. The Morgan fingerprint density at radius 2 is 2.22 bits per heavy atom. The van der Waals surface area contributed by atoms with Crippen LogP contribution in [0.2, 0.25) is 0 Å². The molecule has 2 aromatic heterocycles. The number of sulfonamides is 1. The average Bonchev–Trinajstić information content (AvgIpc) is 2.78. The van der Waals surface area contributed by atoms with Crippen molar-refractivity contribution < 1.29 is 8.42 Å². The van der Waals surface area contributed by atoms with Crippen molar-refractivity contribution in [2.24, 2.45) is 5.73 Å². The molecule has 0 aliphatic rings. The third kappa shape index (κ3) is 2.30. The Morgan fingerprint density at radius 1 is 1.44 bits per heavy atom. The van der Waals surface area contributed by atoms with Crippen molar-refractivity contribution in [2.75, 3.05) is 4.72 Å². The number of hydrogen-bond donors (Lipinski definition) is 4. The molecule has 94 valence electrons. The van der Waals surface area contributed by atoms with E-state index in [0.717, 1.165) is 0 Å². The second-order valence-electron chi connectivity index (χ2n) is 3.37. The Labute approximate surface area is 103 Å². The highest BCUT2D eigenvalue weighted by molar-refractivity contribution is 7.92. The number of aromatic nitrogens is 3. The second-order valence-corrected chi connectivity index (χ2v) is 5.05. The van der Waals surface area contributed by atoms with E-state index in [0.29, 0.717) is 0 Å². The minimum atomic E-state index is -3.78. The highest BCUT2D eigenvalue weighted by Crippen LogP contribution is 2.16. The Hall–Kier alpha value is -2.42. The third-order valence-corrected chi connectivity index (χ3v) is 3.45. The molecule has 0 bridgehead atoms. The van der Waals surface area contributed by atoms with Crippen LogP contribution >= 0.6 is 0 Å². The van der Waals surface area contributed by atoms with Crippen molar-refractivity contribution in [3.8, 4) is 0 Å². The molecule has 0 aromatic carbocycles. The molecule has 0 amide bonds. The molecule has 0 atom stereocenters. The standard InChI is InChI=1S/C9H10N6O2S/c10-8(11)7-5-13-14-9(7)15-18(16,17)6-2-1-3-12-4-6/h1-5H,(H3,10,11)(H2,13,14,15). The van der Waals surface area contributed by atoms with E-state index in [2.05, 4.69) is 19.9 Å². The van der Waals surface area contributed by atoms with Crippen molar-refractivity contribution in [3.05, 3.63) is 36.3 Å². The van der Waals surface area contributed by atoms with Crippen molar-refractivity contribution in [1.82, 2.24) is 15.2 Å². The van der Waals surface area contributed by atoms with Crippen molar-refractivity contribution in [2.45, 2.75) is 4.90 Å². The predicted octanol–water partition coefficient (Wildman–Crippen LogP) is -0.110. The maximum Gasteiger partial charge on any atom is 0.264 e. The van der Waals surface area contributed by atoms with Crippen LogP contribution in [0, 0.1) is 5.41 Å². The molecule has 0 spiro atoms. The molecule has 0 aliphatic carbocycles. The van der Waals surface area contributed by atoms with Gasteiger partial charge in [-0.05, 0) is 12.1 Å². The van der Waals surface area contributed by atoms with Crippen LogP contribution in [0.5, 0.6) is 0 Å². The van der Waals surface area contributed by atoms with Gasteiger partial charge in [0.1, 0.15) is 16.5 Å². The van der Waals surface area contributed by atoms with Gasteiger partial charge in [0, 0.05) is 12.4 Å². The fourth-order valence-electron chi connectivity index (χ4n) is 1.27. The lowest BCUT2D eigenvalue weighted by Gasteiger charge is -2.06. The fourth-order valence-corrected chi connectivity index (χ4v) is 2.27. The Bertz CT molecular complexity index is 663. The quantitative estimate of drug-likeness (QED) is 0.452. The van der Waals surface area contributed by atoms with Gasteiger partial charge in [0.25, 0.3) is 10.0 Å². The molecule has 9 heteroatoms. The molecule has 0 saturated carbocycles. The number of nitrogens with one attached hydrogen (secondary N) is 3. The molecule has 5 N–H and O–H groups in total. The smallest absolute Gasteiger partial charge is 0.264 e. The molecule has 0 fully saturated rings. The summed E-state index contributed by atoms with van der Waals surface area (Å²) in [6, 6.07) is 2.91. The summed E-state index contributed by atoms with van der Waals surface area (Å²) in [5, 5.41) is 13.3. The summed E-state index contributed by atoms with van der Waals surface area (Å²) in [5.74, 6) is -0.237. The number of pyridine rings is 1. The lowest BCUT2D eigenvalue weighted by Crippen LogP contribution is -2.18. The largest absolute Gasteiger partial charge is 0.384 e. The zero-order valence-corrected chi connectivity index (χ0v) is 9.90. The first-order chi connectivity index (χ1) is 8.50. The summed E-state index contributed by atoms with van der Waals surface area (Å²) in [6.07, 6.45) is 3.95. The van der Waals surface area contributed by atoms with Gasteiger partial charge in [0.05, 0.1) is 11.8 Å². The molecular formula is C9H10N6O2S. The van der Waals surface area contributed by atoms with Crippen LogP contribution in [0.4, 0.5) is 5.82 Å². The minimum absolute atomic E-state index is 0.00843. The summed E-state index contributed by atoms with van der Waals surface area (Å²) in [4.78, 5) is 3.73. The Kier molecular flexibility index (Phi) is 2.98. The van der Waals surface area contributed by atoms with E-state index >= 15 is 0 Å². The molecule has 2 aromatic rings. The molecule has 18 heavy (non-hydrogen) atoms. The van der Waals surface area contributed by atoms with Crippen LogP contribution in [-0.2, 0) is 10.0 Å². The SMILES string of the molecule is N=C(N)c1cn[nH]c1NS(=O)(=O)c1cccnc1. The maximum absolute atomic E-state index is 12.0. The molecule has 0 unspecified atom stereocenters.